The Morgan fingerprint density at radius 1 is 1.17 bits per heavy atom. The number of hydrogen-bond acceptors (Lipinski definition) is 5. The van der Waals surface area contributed by atoms with Crippen LogP contribution in [-0.4, -0.2) is 56.6 Å². The normalized spacial score (nSPS) is 15.4. The zero-order valence-electron chi connectivity index (χ0n) is 16.6. The standard InChI is InChI=1S/C19H22F3N5O3/c1-13-5-3-4-6-15(13)11-24-7-9-25(10-8-24)16(28)12-26-14(2)17(27(29)30)18(23-26)19(20,21)22/h3-6H,7-12H2,1-2H3. The second kappa shape index (κ2) is 8.42. The Bertz CT molecular complexity index is 949. The van der Waals surface area contributed by atoms with Gasteiger partial charge in [-0.2, -0.15) is 18.3 Å². The highest BCUT2D eigenvalue weighted by Crippen LogP contribution is 2.36. The van der Waals surface area contributed by atoms with Crippen LogP contribution < -0.4 is 0 Å². The number of alkyl halides is 3. The molecule has 0 N–H and O–H groups in total. The van der Waals surface area contributed by atoms with Gasteiger partial charge in [0.25, 0.3) is 0 Å². The number of piperazine rings is 1. The van der Waals surface area contributed by atoms with Crippen molar-refractivity contribution in [2.24, 2.45) is 0 Å². The Labute approximate surface area is 171 Å². The van der Waals surface area contributed by atoms with Crippen LogP contribution in [0.4, 0.5) is 18.9 Å². The fourth-order valence-corrected chi connectivity index (χ4v) is 3.51. The number of nitrogens with zero attached hydrogens (tertiary/aromatic N) is 5. The zero-order chi connectivity index (χ0) is 22.1. The highest BCUT2D eigenvalue weighted by Gasteiger charge is 2.44. The predicted octanol–water partition coefficient (Wildman–Crippen LogP) is 2.77. The first-order valence-electron chi connectivity index (χ1n) is 9.41. The third kappa shape index (κ3) is 4.61. The first-order valence-corrected chi connectivity index (χ1v) is 9.41. The molecule has 0 aliphatic carbocycles. The van der Waals surface area contributed by atoms with Crippen LogP contribution in [0.25, 0.3) is 0 Å². The number of carbonyl (C=O) groups excluding carboxylic acids is 1. The highest BCUT2D eigenvalue weighted by molar-refractivity contribution is 5.76. The third-order valence-electron chi connectivity index (χ3n) is 5.29. The van der Waals surface area contributed by atoms with Crippen molar-refractivity contribution in [3.8, 4) is 0 Å². The molecule has 1 saturated heterocycles. The van der Waals surface area contributed by atoms with Gasteiger partial charge in [-0.05, 0) is 25.0 Å². The molecule has 1 aromatic carbocycles. The maximum Gasteiger partial charge on any atom is 0.442 e. The van der Waals surface area contributed by atoms with Crippen molar-refractivity contribution >= 4 is 11.6 Å². The monoisotopic (exact) mass is 425 g/mol. The Kier molecular flexibility index (Phi) is 6.11. The van der Waals surface area contributed by atoms with E-state index in [1.807, 2.05) is 25.1 Å². The molecule has 0 radical (unpaired) electrons. The summed E-state index contributed by atoms with van der Waals surface area (Å²) in [7, 11) is 0. The van der Waals surface area contributed by atoms with E-state index in [-0.39, 0.29) is 5.69 Å². The smallest absolute Gasteiger partial charge is 0.339 e. The molecule has 8 nitrogen and oxygen atoms in total. The van der Waals surface area contributed by atoms with Gasteiger partial charge < -0.3 is 4.90 Å². The Balaban J connectivity index is 1.64. The fourth-order valence-electron chi connectivity index (χ4n) is 3.51. The minimum Gasteiger partial charge on any atom is -0.339 e. The molecule has 0 bridgehead atoms. The molecule has 2 heterocycles. The van der Waals surface area contributed by atoms with Crippen LogP contribution in [0.3, 0.4) is 0 Å². The summed E-state index contributed by atoms with van der Waals surface area (Å²) >= 11 is 0. The summed E-state index contributed by atoms with van der Waals surface area (Å²) in [4.78, 5) is 26.3. The van der Waals surface area contributed by atoms with Gasteiger partial charge >= 0.3 is 11.9 Å². The molecule has 0 atom stereocenters. The van der Waals surface area contributed by atoms with Gasteiger partial charge in [0.2, 0.25) is 11.6 Å². The number of carbonyl (C=O) groups is 1. The van der Waals surface area contributed by atoms with Crippen molar-refractivity contribution < 1.29 is 22.9 Å². The van der Waals surface area contributed by atoms with Crippen LogP contribution in [0.2, 0.25) is 0 Å². The minimum absolute atomic E-state index is 0.293. The van der Waals surface area contributed by atoms with E-state index < -0.39 is 34.9 Å². The maximum atomic E-state index is 13.1. The lowest BCUT2D eigenvalue weighted by Gasteiger charge is -2.35. The van der Waals surface area contributed by atoms with Crippen LogP contribution in [0.5, 0.6) is 0 Å². The number of amides is 1. The Hall–Kier alpha value is -2.95. The average molecular weight is 425 g/mol. The first kappa shape index (κ1) is 21.8. The number of benzene rings is 1. The second-order valence-corrected chi connectivity index (χ2v) is 7.28. The summed E-state index contributed by atoms with van der Waals surface area (Å²) in [5.74, 6) is -0.417. The van der Waals surface area contributed by atoms with Crippen LogP contribution >= 0.6 is 0 Å². The van der Waals surface area contributed by atoms with Crippen LogP contribution in [0, 0.1) is 24.0 Å². The molecule has 0 saturated carbocycles. The quantitative estimate of drug-likeness (QED) is 0.543. The van der Waals surface area contributed by atoms with Gasteiger partial charge in [0.1, 0.15) is 12.2 Å². The SMILES string of the molecule is Cc1ccccc1CN1CCN(C(=O)Cn2nc(C(F)(F)F)c([N+](=O)[O-])c2C)CC1. The largest absolute Gasteiger partial charge is 0.442 e. The second-order valence-electron chi connectivity index (χ2n) is 7.28. The lowest BCUT2D eigenvalue weighted by molar-refractivity contribution is -0.388. The van der Waals surface area contributed by atoms with Crippen molar-refractivity contribution in [3.05, 3.63) is 56.9 Å². The third-order valence-corrected chi connectivity index (χ3v) is 5.29. The van der Waals surface area contributed by atoms with Gasteiger partial charge in [-0.25, -0.2) is 0 Å². The summed E-state index contributed by atoms with van der Waals surface area (Å²) in [5.41, 5.74) is -0.596. The van der Waals surface area contributed by atoms with E-state index in [4.69, 9.17) is 0 Å². The number of hydrogen-bond donors (Lipinski definition) is 0. The Morgan fingerprint density at radius 3 is 2.33 bits per heavy atom. The molecule has 1 aliphatic heterocycles. The highest BCUT2D eigenvalue weighted by atomic mass is 19.4. The van der Waals surface area contributed by atoms with Gasteiger partial charge in [0.15, 0.2) is 0 Å². The van der Waals surface area contributed by atoms with Gasteiger partial charge in [-0.3, -0.25) is 24.5 Å². The lowest BCUT2D eigenvalue weighted by Crippen LogP contribution is -2.49. The molecule has 0 spiro atoms. The maximum absolute atomic E-state index is 13.1. The first-order chi connectivity index (χ1) is 14.1. The average Bonchev–Trinajstić information content (AvgIpc) is 3.01. The number of halogens is 3. The van der Waals surface area contributed by atoms with Gasteiger partial charge in [0.05, 0.1) is 4.92 Å². The number of aromatic nitrogens is 2. The molecule has 1 aliphatic rings. The summed E-state index contributed by atoms with van der Waals surface area (Å²) in [6.45, 7) is 5.61. The molecule has 1 fully saturated rings. The number of aryl methyl sites for hydroxylation is 1. The van der Waals surface area contributed by atoms with Gasteiger partial charge in [0, 0.05) is 32.7 Å². The molecule has 1 amide bonds. The van der Waals surface area contributed by atoms with Crippen molar-refractivity contribution in [2.45, 2.75) is 33.1 Å². The predicted molar refractivity (Wildman–Crippen MR) is 102 cm³/mol. The molecule has 2 aromatic rings. The summed E-state index contributed by atoms with van der Waals surface area (Å²) in [6.07, 6.45) is -4.97. The molecule has 30 heavy (non-hydrogen) atoms. The summed E-state index contributed by atoms with van der Waals surface area (Å²) in [6, 6.07) is 8.04. The number of rotatable bonds is 5. The van der Waals surface area contributed by atoms with Crippen molar-refractivity contribution in [1.29, 1.82) is 0 Å². The molecule has 3 rings (SSSR count). The topological polar surface area (TPSA) is 84.5 Å². The Morgan fingerprint density at radius 2 is 1.80 bits per heavy atom. The van der Waals surface area contributed by atoms with E-state index in [0.717, 1.165) is 18.2 Å². The molecule has 0 unspecified atom stereocenters. The van der Waals surface area contributed by atoms with Gasteiger partial charge in [-0.15, -0.1) is 0 Å². The van der Waals surface area contributed by atoms with Gasteiger partial charge in [-0.1, -0.05) is 24.3 Å². The van der Waals surface area contributed by atoms with Crippen molar-refractivity contribution in [3.63, 3.8) is 0 Å². The number of nitro groups is 1. The summed E-state index contributed by atoms with van der Waals surface area (Å²) in [5, 5.41) is 14.4. The van der Waals surface area contributed by atoms with Crippen LogP contribution in [0.1, 0.15) is 22.5 Å². The zero-order valence-corrected chi connectivity index (χ0v) is 16.6. The molecule has 11 heteroatoms. The van der Waals surface area contributed by atoms with E-state index >= 15 is 0 Å². The molecular weight excluding hydrogens is 403 g/mol. The van der Waals surface area contributed by atoms with Crippen LogP contribution in [0.15, 0.2) is 24.3 Å². The fraction of sp³-hybridized carbons (Fsp3) is 0.474. The lowest BCUT2D eigenvalue weighted by atomic mass is 10.1. The van der Waals surface area contributed by atoms with Crippen molar-refractivity contribution in [2.75, 3.05) is 26.2 Å². The van der Waals surface area contributed by atoms with Crippen molar-refractivity contribution in [1.82, 2.24) is 19.6 Å². The molecular formula is C19H22F3N5O3. The van der Waals surface area contributed by atoms with E-state index in [9.17, 15) is 28.1 Å². The van der Waals surface area contributed by atoms with E-state index in [1.54, 1.807) is 4.90 Å². The van der Waals surface area contributed by atoms with Crippen LogP contribution in [-0.2, 0) is 24.1 Å². The van der Waals surface area contributed by atoms with E-state index in [2.05, 4.69) is 16.1 Å². The minimum atomic E-state index is -4.97. The molecule has 162 valence electrons. The van der Waals surface area contributed by atoms with E-state index in [0.29, 0.717) is 26.2 Å². The van der Waals surface area contributed by atoms with E-state index in [1.165, 1.54) is 11.1 Å². The summed E-state index contributed by atoms with van der Waals surface area (Å²) < 4.78 is 40.0. The molecule has 1 aromatic heterocycles.